The van der Waals surface area contributed by atoms with Crippen molar-refractivity contribution < 1.29 is 9.90 Å². The molecule has 0 radical (unpaired) electrons. The molecule has 2 nitrogen and oxygen atoms in total. The van der Waals surface area contributed by atoms with Crippen LogP contribution in [-0.2, 0) is 4.79 Å². The molecule has 0 unspecified atom stereocenters. The van der Waals surface area contributed by atoms with Crippen molar-refractivity contribution in [1.29, 1.82) is 0 Å². The molecule has 0 amide bonds. The smallest absolute Gasteiger partial charge is 0.306 e. The predicted molar refractivity (Wildman–Crippen MR) is 43.8 cm³/mol. The molecule has 0 heterocycles. The van der Waals surface area contributed by atoms with Crippen LogP contribution in [0.1, 0.15) is 25.7 Å². The first-order valence-corrected chi connectivity index (χ1v) is 4.56. The molecule has 1 N–H and O–H groups in total. The molecule has 1 rings (SSSR count). The van der Waals surface area contributed by atoms with Crippen LogP contribution in [0.2, 0.25) is 0 Å². The second kappa shape index (κ2) is 3.96. The summed E-state index contributed by atoms with van der Waals surface area (Å²) in [5, 5.41) is 8.66. The van der Waals surface area contributed by atoms with Gasteiger partial charge >= 0.3 is 5.97 Å². The molecule has 0 aromatic heterocycles. The maximum Gasteiger partial charge on any atom is 0.306 e. The molecule has 0 saturated heterocycles. The average Bonchev–Trinajstić information content (AvgIpc) is 2.05. The van der Waals surface area contributed by atoms with Crippen LogP contribution in [0.4, 0.5) is 0 Å². The van der Waals surface area contributed by atoms with Gasteiger partial charge in [0.1, 0.15) is 0 Å². The third-order valence-corrected chi connectivity index (χ3v) is 2.85. The third kappa shape index (κ3) is 2.37. The van der Waals surface area contributed by atoms with Crippen LogP contribution in [0.5, 0.6) is 0 Å². The number of aliphatic carboxylic acids is 1. The van der Waals surface area contributed by atoms with E-state index in [1.165, 1.54) is 0 Å². The molecule has 0 spiro atoms. The molecule has 0 atom stereocenters. The highest BCUT2D eigenvalue weighted by Crippen LogP contribution is 2.29. The van der Waals surface area contributed by atoms with E-state index in [2.05, 4.69) is 0 Å². The quantitative estimate of drug-likeness (QED) is 0.655. The summed E-state index contributed by atoms with van der Waals surface area (Å²) in [4.78, 5) is 10.5. The van der Waals surface area contributed by atoms with Crippen LogP contribution in [0, 0.1) is 11.8 Å². The molecule has 1 fully saturated rings. The van der Waals surface area contributed by atoms with E-state index in [0.717, 1.165) is 25.7 Å². The minimum absolute atomic E-state index is 0.102. The number of carboxylic acids is 1. The van der Waals surface area contributed by atoms with E-state index in [1.807, 2.05) is 0 Å². The lowest BCUT2D eigenvalue weighted by Gasteiger charge is -2.23. The fourth-order valence-electron chi connectivity index (χ4n) is 1.56. The Kier molecular flexibility index (Phi) is 3.18. The Hall–Kier alpha value is -0.240. The molecule has 3 heteroatoms. The Morgan fingerprint density at radius 3 is 2.27 bits per heavy atom. The fraction of sp³-hybridized carbons (Fsp3) is 0.875. The summed E-state index contributed by atoms with van der Waals surface area (Å²) in [6.45, 7) is 0. The molecule has 0 aromatic carbocycles. The second-order valence-electron chi connectivity index (χ2n) is 3.21. The first kappa shape index (κ1) is 8.85. The lowest BCUT2D eigenvalue weighted by molar-refractivity contribution is -0.143. The van der Waals surface area contributed by atoms with Crippen LogP contribution in [0.15, 0.2) is 0 Å². The zero-order valence-electron chi connectivity index (χ0n) is 6.42. The normalized spacial score (nSPS) is 31.7. The van der Waals surface area contributed by atoms with E-state index >= 15 is 0 Å². The van der Waals surface area contributed by atoms with Gasteiger partial charge in [-0.05, 0) is 31.6 Å². The summed E-state index contributed by atoms with van der Waals surface area (Å²) in [5.74, 6) is 0.506. The summed E-state index contributed by atoms with van der Waals surface area (Å²) in [6, 6.07) is 0. The minimum atomic E-state index is -0.641. The van der Waals surface area contributed by atoms with Crippen LogP contribution in [0.3, 0.4) is 0 Å². The molecular weight excluding hydrogens is 164 g/mol. The summed E-state index contributed by atoms with van der Waals surface area (Å²) < 4.78 is 0. The lowest BCUT2D eigenvalue weighted by atomic mass is 9.83. The van der Waals surface area contributed by atoms with Gasteiger partial charge in [0.25, 0.3) is 0 Å². The first-order chi connectivity index (χ1) is 5.24. The summed E-state index contributed by atoms with van der Waals surface area (Å²) in [5.41, 5.74) is 0. The van der Waals surface area contributed by atoms with E-state index in [1.54, 1.807) is 0 Å². The van der Waals surface area contributed by atoms with Crippen molar-refractivity contribution in [3.05, 3.63) is 0 Å². The summed E-state index contributed by atoms with van der Waals surface area (Å²) >= 11 is 5.66. The van der Waals surface area contributed by atoms with Crippen molar-refractivity contribution in [3.63, 3.8) is 0 Å². The topological polar surface area (TPSA) is 37.3 Å². The molecule has 0 bridgehead atoms. The van der Waals surface area contributed by atoms with Crippen LogP contribution < -0.4 is 0 Å². The molecule has 0 aromatic rings. The maximum atomic E-state index is 10.5. The molecular formula is C8H13ClO2. The zero-order valence-corrected chi connectivity index (χ0v) is 7.18. The van der Waals surface area contributed by atoms with Crippen LogP contribution in [0.25, 0.3) is 0 Å². The Balaban J connectivity index is 2.30. The van der Waals surface area contributed by atoms with Crippen molar-refractivity contribution in [3.8, 4) is 0 Å². The van der Waals surface area contributed by atoms with Gasteiger partial charge in [-0.25, -0.2) is 0 Å². The van der Waals surface area contributed by atoms with E-state index in [0.29, 0.717) is 11.8 Å². The largest absolute Gasteiger partial charge is 0.481 e. The number of halogens is 1. The third-order valence-electron chi connectivity index (χ3n) is 2.41. The van der Waals surface area contributed by atoms with E-state index in [-0.39, 0.29) is 5.92 Å². The lowest BCUT2D eigenvalue weighted by Crippen LogP contribution is -2.21. The van der Waals surface area contributed by atoms with Gasteiger partial charge in [-0.2, -0.15) is 0 Å². The summed E-state index contributed by atoms with van der Waals surface area (Å²) in [7, 11) is 0. The van der Waals surface area contributed by atoms with Gasteiger partial charge in [0.2, 0.25) is 0 Å². The number of alkyl halides is 1. The monoisotopic (exact) mass is 176 g/mol. The molecule has 1 aliphatic rings. The highest BCUT2D eigenvalue weighted by Gasteiger charge is 2.24. The number of carboxylic acid groups (broad SMARTS) is 1. The summed E-state index contributed by atoms with van der Waals surface area (Å²) in [6.07, 6.45) is 3.60. The second-order valence-corrected chi connectivity index (χ2v) is 3.52. The van der Waals surface area contributed by atoms with Gasteiger partial charge in [-0.3, -0.25) is 4.79 Å². The zero-order chi connectivity index (χ0) is 8.27. The Labute approximate surface area is 71.5 Å². The predicted octanol–water partition coefficient (Wildman–Crippen LogP) is 2.12. The Morgan fingerprint density at radius 2 is 1.91 bits per heavy atom. The average molecular weight is 177 g/mol. The number of rotatable bonds is 2. The van der Waals surface area contributed by atoms with Gasteiger partial charge in [-0.15, -0.1) is 11.6 Å². The van der Waals surface area contributed by atoms with Gasteiger partial charge in [0, 0.05) is 5.88 Å². The van der Waals surface area contributed by atoms with Gasteiger partial charge in [0.05, 0.1) is 5.92 Å². The number of hydrogen-bond donors (Lipinski definition) is 1. The van der Waals surface area contributed by atoms with Crippen LogP contribution >= 0.6 is 11.6 Å². The number of hydrogen-bond acceptors (Lipinski definition) is 1. The fourth-order valence-corrected chi connectivity index (χ4v) is 1.87. The standard InChI is InChI=1S/C8H13ClO2/c9-5-6-1-3-7(4-2-6)8(10)11/h6-7H,1-5H2,(H,10,11). The maximum absolute atomic E-state index is 10.5. The number of carbonyl (C=O) groups is 1. The molecule has 1 saturated carbocycles. The molecule has 11 heavy (non-hydrogen) atoms. The first-order valence-electron chi connectivity index (χ1n) is 4.02. The van der Waals surface area contributed by atoms with E-state index < -0.39 is 5.97 Å². The molecule has 64 valence electrons. The van der Waals surface area contributed by atoms with Gasteiger partial charge in [0.15, 0.2) is 0 Å². The van der Waals surface area contributed by atoms with Crippen LogP contribution in [-0.4, -0.2) is 17.0 Å². The molecule has 0 aliphatic heterocycles. The van der Waals surface area contributed by atoms with Crippen molar-refractivity contribution in [2.24, 2.45) is 11.8 Å². The molecule has 1 aliphatic carbocycles. The SMILES string of the molecule is O=C(O)C1CCC(CCl)CC1. The highest BCUT2D eigenvalue weighted by atomic mass is 35.5. The Bertz CT molecular complexity index is 139. The van der Waals surface area contributed by atoms with Gasteiger partial charge in [-0.1, -0.05) is 0 Å². The van der Waals surface area contributed by atoms with Gasteiger partial charge < -0.3 is 5.11 Å². The Morgan fingerprint density at radius 1 is 1.36 bits per heavy atom. The van der Waals surface area contributed by atoms with Crippen molar-refractivity contribution >= 4 is 17.6 Å². The highest BCUT2D eigenvalue weighted by molar-refractivity contribution is 6.18. The van der Waals surface area contributed by atoms with Crippen molar-refractivity contribution in [1.82, 2.24) is 0 Å². The van der Waals surface area contributed by atoms with E-state index in [9.17, 15) is 4.79 Å². The van der Waals surface area contributed by atoms with Crippen molar-refractivity contribution in [2.45, 2.75) is 25.7 Å². The minimum Gasteiger partial charge on any atom is -0.481 e. The van der Waals surface area contributed by atoms with E-state index in [4.69, 9.17) is 16.7 Å². The van der Waals surface area contributed by atoms with Crippen molar-refractivity contribution in [2.75, 3.05) is 5.88 Å².